The largest absolute Gasteiger partial charge is 0.548 e. The molecule has 0 saturated carbocycles. The third kappa shape index (κ3) is 4.33. The molecule has 1 saturated heterocycles. The summed E-state index contributed by atoms with van der Waals surface area (Å²) in [5.41, 5.74) is 0.517. The number of aliphatic carboxylic acids is 1. The Labute approximate surface area is 158 Å². The second-order valence-corrected chi connectivity index (χ2v) is 6.66. The van der Waals surface area contributed by atoms with Crippen LogP contribution in [0.2, 0.25) is 0 Å². The molecule has 0 radical (unpaired) electrons. The fraction of sp³-hybridized carbons (Fsp3) is 0.250. The van der Waals surface area contributed by atoms with E-state index < -0.39 is 24.4 Å². The van der Waals surface area contributed by atoms with Crippen molar-refractivity contribution in [3.05, 3.63) is 22.6 Å². The molecule has 1 aromatic carbocycles. The van der Waals surface area contributed by atoms with E-state index in [1.54, 1.807) is 12.1 Å². The molecule has 1 fully saturated rings. The molecular formula is C16H14NO7S2-. The quantitative estimate of drug-likeness (QED) is 0.295. The van der Waals surface area contributed by atoms with Crippen molar-refractivity contribution in [1.29, 1.82) is 0 Å². The van der Waals surface area contributed by atoms with Crippen molar-refractivity contribution in [1.82, 2.24) is 4.90 Å². The smallest absolute Gasteiger partial charge is 0.308 e. The Balaban J connectivity index is 2.41. The molecule has 0 aromatic heterocycles. The Morgan fingerprint density at radius 3 is 2.31 bits per heavy atom. The van der Waals surface area contributed by atoms with Crippen LogP contribution in [-0.2, 0) is 14.4 Å². The van der Waals surface area contributed by atoms with Gasteiger partial charge in [-0.05, 0) is 23.8 Å². The van der Waals surface area contributed by atoms with Gasteiger partial charge in [0.05, 0.1) is 31.6 Å². The summed E-state index contributed by atoms with van der Waals surface area (Å²) < 4.78 is 15.7. The van der Waals surface area contributed by atoms with E-state index in [9.17, 15) is 19.5 Å². The average molecular weight is 396 g/mol. The average Bonchev–Trinajstić information content (AvgIpc) is 2.82. The summed E-state index contributed by atoms with van der Waals surface area (Å²) in [6, 6.07) is 3.10. The van der Waals surface area contributed by atoms with Crippen molar-refractivity contribution in [2.24, 2.45) is 0 Å². The van der Waals surface area contributed by atoms with Gasteiger partial charge in [0.25, 0.3) is 5.91 Å². The molecule has 8 nitrogen and oxygen atoms in total. The van der Waals surface area contributed by atoms with Gasteiger partial charge in [0.15, 0.2) is 11.5 Å². The Bertz CT molecular complexity index is 794. The summed E-state index contributed by atoms with van der Waals surface area (Å²) in [6.45, 7) is 0.634. The zero-order valence-corrected chi connectivity index (χ0v) is 15.7. The van der Waals surface area contributed by atoms with Crippen molar-refractivity contribution >= 4 is 52.2 Å². The highest BCUT2D eigenvalue weighted by Gasteiger charge is 2.32. The number of amides is 1. The number of thiocarbonyl (C=S) groups is 1. The lowest BCUT2D eigenvalue weighted by atomic mass is 10.1. The molecule has 1 heterocycles. The van der Waals surface area contributed by atoms with Gasteiger partial charge in [0, 0.05) is 6.92 Å². The van der Waals surface area contributed by atoms with Crippen LogP contribution in [0.5, 0.6) is 17.2 Å². The normalized spacial score (nSPS) is 15.3. The number of nitrogens with zero attached hydrogens (tertiary/aromatic N) is 1. The van der Waals surface area contributed by atoms with Gasteiger partial charge in [-0.25, -0.2) is 0 Å². The fourth-order valence-electron chi connectivity index (χ4n) is 2.14. The Kier molecular flexibility index (Phi) is 6.22. The summed E-state index contributed by atoms with van der Waals surface area (Å²) in [5, 5.41) is 10.7. The summed E-state index contributed by atoms with van der Waals surface area (Å²) in [7, 11) is 2.79. The number of carboxylic acid groups (broad SMARTS) is 1. The number of thioether (sulfide) groups is 1. The van der Waals surface area contributed by atoms with Crippen molar-refractivity contribution in [3.63, 3.8) is 0 Å². The Hall–Kier alpha value is -2.59. The van der Waals surface area contributed by atoms with Gasteiger partial charge < -0.3 is 24.1 Å². The van der Waals surface area contributed by atoms with E-state index in [1.807, 2.05) is 0 Å². The number of rotatable bonds is 6. The number of esters is 1. The zero-order chi connectivity index (χ0) is 19.4. The number of carboxylic acids is 1. The van der Waals surface area contributed by atoms with Gasteiger partial charge in [0.2, 0.25) is 5.75 Å². The Morgan fingerprint density at radius 1 is 1.27 bits per heavy atom. The van der Waals surface area contributed by atoms with Gasteiger partial charge in [-0.15, -0.1) is 0 Å². The van der Waals surface area contributed by atoms with Crippen LogP contribution < -0.4 is 19.3 Å². The first-order valence-electron chi connectivity index (χ1n) is 7.16. The van der Waals surface area contributed by atoms with Crippen LogP contribution in [0.3, 0.4) is 0 Å². The molecule has 0 spiro atoms. The Morgan fingerprint density at radius 2 is 1.85 bits per heavy atom. The first kappa shape index (κ1) is 19.7. The molecule has 1 aliphatic rings. The molecule has 0 atom stereocenters. The number of methoxy groups -OCH3 is 2. The highest BCUT2D eigenvalue weighted by Crippen LogP contribution is 2.40. The number of hydrogen-bond acceptors (Lipinski definition) is 9. The number of carbonyl (C=O) groups excluding carboxylic acids is 3. The van der Waals surface area contributed by atoms with Gasteiger partial charge in [0.1, 0.15) is 4.32 Å². The summed E-state index contributed by atoms with van der Waals surface area (Å²) in [5.74, 6) is -1.91. The molecule has 2 rings (SSSR count). The number of ether oxygens (including phenoxy) is 3. The minimum absolute atomic E-state index is 0.115. The van der Waals surface area contributed by atoms with Crippen LogP contribution in [0.25, 0.3) is 6.08 Å². The first-order chi connectivity index (χ1) is 12.3. The molecule has 26 heavy (non-hydrogen) atoms. The van der Waals surface area contributed by atoms with Crippen molar-refractivity contribution in [2.45, 2.75) is 6.92 Å². The highest BCUT2D eigenvalue weighted by atomic mass is 32.2. The van der Waals surface area contributed by atoms with E-state index in [4.69, 9.17) is 26.4 Å². The number of carbonyl (C=O) groups is 3. The van der Waals surface area contributed by atoms with Crippen LogP contribution in [0.4, 0.5) is 0 Å². The van der Waals surface area contributed by atoms with E-state index in [0.717, 1.165) is 16.7 Å². The first-order valence-corrected chi connectivity index (χ1v) is 8.39. The maximum atomic E-state index is 12.3. The highest BCUT2D eigenvalue weighted by molar-refractivity contribution is 8.26. The molecule has 0 aliphatic carbocycles. The van der Waals surface area contributed by atoms with Gasteiger partial charge in [-0.1, -0.05) is 24.0 Å². The second kappa shape index (κ2) is 8.19. The van der Waals surface area contributed by atoms with E-state index in [1.165, 1.54) is 27.2 Å². The van der Waals surface area contributed by atoms with Gasteiger partial charge in [-0.3, -0.25) is 14.5 Å². The van der Waals surface area contributed by atoms with Crippen molar-refractivity contribution in [3.8, 4) is 17.2 Å². The van der Waals surface area contributed by atoms with Crippen molar-refractivity contribution < 1.29 is 33.7 Å². The van der Waals surface area contributed by atoms with Crippen LogP contribution in [0, 0.1) is 0 Å². The van der Waals surface area contributed by atoms with E-state index >= 15 is 0 Å². The van der Waals surface area contributed by atoms with Crippen LogP contribution in [0.1, 0.15) is 12.5 Å². The van der Waals surface area contributed by atoms with Crippen molar-refractivity contribution in [2.75, 3.05) is 20.8 Å². The molecule has 0 unspecified atom stereocenters. The van der Waals surface area contributed by atoms with E-state index in [-0.39, 0.29) is 26.5 Å². The summed E-state index contributed by atoms with van der Waals surface area (Å²) in [6.07, 6.45) is 1.51. The predicted octanol–water partition coefficient (Wildman–Crippen LogP) is 0.580. The minimum atomic E-state index is -1.41. The van der Waals surface area contributed by atoms with Gasteiger partial charge in [-0.2, -0.15) is 0 Å². The molecule has 10 heteroatoms. The standard InChI is InChI=1S/C16H15NO7S2/c1-8(18)24-14-10(22-2)4-9(5-11(14)23-3)6-12-15(21)17(7-13(19)20)16(25)26-12/h4-6H,7H2,1-3H3,(H,19,20)/p-1/b12-6+. The molecule has 0 bridgehead atoms. The molecule has 1 amide bonds. The summed E-state index contributed by atoms with van der Waals surface area (Å²) in [4.78, 5) is 35.5. The molecule has 1 aromatic rings. The topological polar surface area (TPSA) is 105 Å². The molecule has 1 aliphatic heterocycles. The zero-order valence-electron chi connectivity index (χ0n) is 14.1. The monoisotopic (exact) mass is 396 g/mol. The summed E-state index contributed by atoms with van der Waals surface area (Å²) >= 11 is 6.00. The lowest BCUT2D eigenvalue weighted by Crippen LogP contribution is -2.40. The minimum Gasteiger partial charge on any atom is -0.548 e. The van der Waals surface area contributed by atoms with E-state index in [0.29, 0.717) is 5.56 Å². The SMILES string of the molecule is COc1cc(/C=C2/SC(=S)N(CC(=O)[O-])C2=O)cc(OC)c1OC(C)=O. The fourth-order valence-corrected chi connectivity index (χ4v) is 3.40. The number of benzene rings is 1. The predicted molar refractivity (Wildman–Crippen MR) is 95.7 cm³/mol. The third-order valence-electron chi connectivity index (χ3n) is 3.19. The van der Waals surface area contributed by atoms with Gasteiger partial charge >= 0.3 is 5.97 Å². The molecule has 138 valence electrons. The van der Waals surface area contributed by atoms with Crippen LogP contribution >= 0.6 is 24.0 Å². The lowest BCUT2D eigenvalue weighted by Gasteiger charge is -2.14. The maximum Gasteiger partial charge on any atom is 0.308 e. The molecule has 0 N–H and O–H groups in total. The third-order valence-corrected chi connectivity index (χ3v) is 4.57. The maximum absolute atomic E-state index is 12.3. The van der Waals surface area contributed by atoms with Crippen LogP contribution in [-0.4, -0.2) is 47.8 Å². The lowest BCUT2D eigenvalue weighted by molar-refractivity contribution is -0.305. The van der Waals surface area contributed by atoms with Crippen LogP contribution in [0.15, 0.2) is 17.0 Å². The van der Waals surface area contributed by atoms with E-state index in [2.05, 4.69) is 0 Å². The number of hydrogen-bond donors (Lipinski definition) is 0. The second-order valence-electron chi connectivity index (χ2n) is 4.99. The molecular weight excluding hydrogens is 382 g/mol.